The van der Waals surface area contributed by atoms with Crippen molar-refractivity contribution in [3.63, 3.8) is 0 Å². The van der Waals surface area contributed by atoms with Gasteiger partial charge in [0.15, 0.2) is 0 Å². The molecule has 0 amide bonds. The van der Waals surface area contributed by atoms with Crippen LogP contribution in [0.15, 0.2) is 18.2 Å². The largest absolute Gasteiger partial charge is 0.478 e. The molecule has 0 spiro atoms. The number of benzene rings is 1. The molecule has 1 aromatic rings. The number of aliphatic hydroxyl groups is 1. The highest BCUT2D eigenvalue weighted by Crippen LogP contribution is 2.23. The summed E-state index contributed by atoms with van der Waals surface area (Å²) in [5.74, 6) is -1.39. The normalized spacial score (nSPS) is 22.7. The number of hydrogen-bond donors (Lipinski definition) is 3. The molecule has 0 bridgehead atoms. The van der Waals surface area contributed by atoms with Crippen molar-refractivity contribution in [2.75, 3.05) is 6.54 Å². The van der Waals surface area contributed by atoms with Crippen LogP contribution in [-0.2, 0) is 6.54 Å². The van der Waals surface area contributed by atoms with Crippen LogP contribution in [0.4, 0.5) is 4.39 Å². The van der Waals surface area contributed by atoms with Crippen molar-refractivity contribution in [1.29, 1.82) is 0 Å². The maximum Gasteiger partial charge on any atom is 0.338 e. The standard InChI is InChI=1S/C15H20FNO3/c16-14-7-11(3-6-13(14)15(19)20)9-17-8-10-1-4-12(18)5-2-10/h3,6-7,10,12,17-18H,1-2,4-5,8-9H2,(H,19,20). The summed E-state index contributed by atoms with van der Waals surface area (Å²) in [6, 6.07) is 4.19. The fraction of sp³-hybridized carbons (Fsp3) is 0.533. The first-order valence-electron chi connectivity index (χ1n) is 6.96. The van der Waals surface area contributed by atoms with Gasteiger partial charge in [0.05, 0.1) is 11.7 Å². The van der Waals surface area contributed by atoms with Crippen molar-refractivity contribution in [2.24, 2.45) is 5.92 Å². The summed E-state index contributed by atoms with van der Waals surface area (Å²) in [5, 5.41) is 21.4. The summed E-state index contributed by atoms with van der Waals surface area (Å²) in [6.07, 6.45) is 3.59. The zero-order valence-corrected chi connectivity index (χ0v) is 11.3. The number of carboxylic acid groups (broad SMARTS) is 1. The molecule has 1 aromatic carbocycles. The molecule has 1 saturated carbocycles. The second kappa shape index (κ2) is 6.81. The van der Waals surface area contributed by atoms with Gasteiger partial charge in [0.25, 0.3) is 0 Å². The van der Waals surface area contributed by atoms with Gasteiger partial charge in [-0.15, -0.1) is 0 Å². The zero-order valence-electron chi connectivity index (χ0n) is 11.3. The Bertz CT molecular complexity index is 470. The zero-order chi connectivity index (χ0) is 14.5. The van der Waals surface area contributed by atoms with Crippen LogP contribution in [0.2, 0.25) is 0 Å². The Morgan fingerprint density at radius 2 is 2.00 bits per heavy atom. The maximum absolute atomic E-state index is 13.5. The highest BCUT2D eigenvalue weighted by Gasteiger charge is 2.18. The number of aromatic carboxylic acids is 1. The van der Waals surface area contributed by atoms with Gasteiger partial charge in [0.2, 0.25) is 0 Å². The Balaban J connectivity index is 1.79. The SMILES string of the molecule is O=C(O)c1ccc(CNCC2CCC(O)CC2)cc1F. The van der Waals surface area contributed by atoms with Crippen LogP contribution < -0.4 is 5.32 Å². The Kier molecular flexibility index (Phi) is 5.09. The Hall–Kier alpha value is -1.46. The minimum atomic E-state index is -1.25. The van der Waals surface area contributed by atoms with E-state index in [2.05, 4.69) is 5.32 Å². The van der Waals surface area contributed by atoms with Crippen LogP contribution in [0, 0.1) is 11.7 Å². The van der Waals surface area contributed by atoms with Gasteiger partial charge in [0.1, 0.15) is 5.82 Å². The average Bonchev–Trinajstić information content (AvgIpc) is 2.41. The highest BCUT2D eigenvalue weighted by molar-refractivity contribution is 5.87. The van der Waals surface area contributed by atoms with Crippen molar-refractivity contribution < 1.29 is 19.4 Å². The van der Waals surface area contributed by atoms with Crippen LogP contribution in [0.5, 0.6) is 0 Å². The molecule has 0 aromatic heterocycles. The fourth-order valence-corrected chi connectivity index (χ4v) is 2.61. The van der Waals surface area contributed by atoms with Gasteiger partial charge >= 0.3 is 5.97 Å². The van der Waals surface area contributed by atoms with E-state index in [1.54, 1.807) is 6.07 Å². The Morgan fingerprint density at radius 1 is 1.30 bits per heavy atom. The molecule has 110 valence electrons. The second-order valence-electron chi connectivity index (χ2n) is 5.42. The molecule has 0 radical (unpaired) electrons. The van der Waals surface area contributed by atoms with Crippen LogP contribution in [0.25, 0.3) is 0 Å². The molecule has 1 aliphatic rings. The highest BCUT2D eigenvalue weighted by atomic mass is 19.1. The van der Waals surface area contributed by atoms with Crippen LogP contribution in [0.1, 0.15) is 41.6 Å². The summed E-state index contributed by atoms with van der Waals surface area (Å²) < 4.78 is 13.5. The summed E-state index contributed by atoms with van der Waals surface area (Å²) >= 11 is 0. The number of aliphatic hydroxyl groups excluding tert-OH is 1. The lowest BCUT2D eigenvalue weighted by atomic mass is 9.87. The third-order valence-electron chi connectivity index (χ3n) is 3.84. The molecule has 0 heterocycles. The summed E-state index contributed by atoms with van der Waals surface area (Å²) in [4.78, 5) is 10.7. The van der Waals surface area contributed by atoms with Gasteiger partial charge in [0, 0.05) is 6.54 Å². The van der Waals surface area contributed by atoms with Gasteiger partial charge < -0.3 is 15.5 Å². The number of rotatable bonds is 5. The van der Waals surface area contributed by atoms with E-state index in [1.165, 1.54) is 12.1 Å². The fourth-order valence-electron chi connectivity index (χ4n) is 2.61. The maximum atomic E-state index is 13.5. The van der Waals surface area contributed by atoms with Crippen molar-refractivity contribution in [2.45, 2.75) is 38.3 Å². The molecule has 1 aliphatic carbocycles. The molecule has 3 N–H and O–H groups in total. The first kappa shape index (κ1) is 14.9. The minimum Gasteiger partial charge on any atom is -0.478 e. The smallest absolute Gasteiger partial charge is 0.338 e. The predicted molar refractivity (Wildman–Crippen MR) is 73.0 cm³/mol. The molecular weight excluding hydrogens is 261 g/mol. The molecule has 0 saturated heterocycles. The third kappa shape index (κ3) is 4.02. The van der Waals surface area contributed by atoms with Crippen LogP contribution >= 0.6 is 0 Å². The molecule has 20 heavy (non-hydrogen) atoms. The van der Waals surface area contributed by atoms with E-state index < -0.39 is 11.8 Å². The molecule has 2 rings (SSSR count). The van der Waals surface area contributed by atoms with E-state index in [9.17, 15) is 14.3 Å². The molecule has 0 atom stereocenters. The topological polar surface area (TPSA) is 69.6 Å². The first-order valence-corrected chi connectivity index (χ1v) is 6.96. The molecule has 0 aliphatic heterocycles. The van der Waals surface area contributed by atoms with Gasteiger partial charge in [-0.25, -0.2) is 9.18 Å². The summed E-state index contributed by atoms with van der Waals surface area (Å²) in [5.41, 5.74) is 0.443. The average molecular weight is 281 g/mol. The summed E-state index contributed by atoms with van der Waals surface area (Å²) in [6.45, 7) is 1.37. The lowest BCUT2D eigenvalue weighted by Gasteiger charge is -2.25. The van der Waals surface area contributed by atoms with Gasteiger partial charge in [-0.2, -0.15) is 0 Å². The van der Waals surface area contributed by atoms with E-state index in [0.717, 1.165) is 37.8 Å². The second-order valence-corrected chi connectivity index (χ2v) is 5.42. The number of carbonyl (C=O) groups is 1. The molecule has 5 heteroatoms. The van der Waals surface area contributed by atoms with E-state index in [1.807, 2.05) is 0 Å². The number of nitrogens with one attached hydrogen (secondary N) is 1. The Morgan fingerprint density at radius 3 is 2.60 bits per heavy atom. The van der Waals surface area contributed by atoms with E-state index in [4.69, 9.17) is 5.11 Å². The van der Waals surface area contributed by atoms with Crippen molar-refractivity contribution in [3.05, 3.63) is 35.1 Å². The first-order chi connectivity index (χ1) is 9.56. The Labute approximate surface area is 117 Å². The lowest BCUT2D eigenvalue weighted by Crippen LogP contribution is -2.27. The van der Waals surface area contributed by atoms with Crippen molar-refractivity contribution in [3.8, 4) is 0 Å². The van der Waals surface area contributed by atoms with Gasteiger partial charge in [-0.3, -0.25) is 0 Å². The summed E-state index contributed by atoms with van der Waals surface area (Å²) in [7, 11) is 0. The third-order valence-corrected chi connectivity index (χ3v) is 3.84. The van der Waals surface area contributed by atoms with Gasteiger partial charge in [-0.1, -0.05) is 6.07 Å². The van der Waals surface area contributed by atoms with Crippen molar-refractivity contribution >= 4 is 5.97 Å². The molecular formula is C15H20FNO3. The van der Waals surface area contributed by atoms with Crippen LogP contribution in [0.3, 0.4) is 0 Å². The molecule has 0 unspecified atom stereocenters. The monoisotopic (exact) mass is 281 g/mol. The van der Waals surface area contributed by atoms with E-state index >= 15 is 0 Å². The van der Waals surface area contributed by atoms with Crippen LogP contribution in [-0.4, -0.2) is 28.8 Å². The number of hydrogen-bond acceptors (Lipinski definition) is 3. The lowest BCUT2D eigenvalue weighted by molar-refractivity contribution is 0.0692. The molecule has 1 fully saturated rings. The number of carboxylic acids is 1. The quantitative estimate of drug-likeness (QED) is 0.773. The van der Waals surface area contributed by atoms with E-state index in [0.29, 0.717) is 12.5 Å². The van der Waals surface area contributed by atoms with E-state index in [-0.39, 0.29) is 11.7 Å². The van der Waals surface area contributed by atoms with Gasteiger partial charge in [-0.05, 0) is 55.8 Å². The molecule has 4 nitrogen and oxygen atoms in total. The predicted octanol–water partition coefficient (Wildman–Crippen LogP) is 2.16. The van der Waals surface area contributed by atoms with Crippen molar-refractivity contribution in [1.82, 2.24) is 5.32 Å². The number of halogens is 1. The minimum absolute atomic E-state index is 0.149.